The van der Waals surface area contributed by atoms with Crippen LogP contribution in [-0.4, -0.2) is 84.7 Å². The van der Waals surface area contributed by atoms with Crippen molar-refractivity contribution in [1.82, 2.24) is 84.7 Å². The summed E-state index contributed by atoms with van der Waals surface area (Å²) in [5.74, 6) is 8.78. The number of rotatable bonds is 17. The lowest BCUT2D eigenvalue weighted by molar-refractivity contribution is 1.07. The number of hydrogen-bond donors (Lipinski definition) is 0. The van der Waals surface area contributed by atoms with Crippen LogP contribution in [0.25, 0.3) is 193 Å². The van der Waals surface area contributed by atoms with Crippen LogP contribution in [0.4, 0.5) is 0 Å². The van der Waals surface area contributed by atoms with E-state index in [-0.39, 0.29) is 0 Å². The minimum absolute atomic E-state index is 0.539. The first kappa shape index (κ1) is 69.7. The molecule has 0 spiro atoms. The van der Waals surface area contributed by atoms with Crippen molar-refractivity contribution in [1.29, 1.82) is 0 Å². The Balaban J connectivity index is 0.000000159. The summed E-state index contributed by atoms with van der Waals surface area (Å²) in [4.78, 5) is 83.2. The Morgan fingerprint density at radius 2 is 0.237 bits per heavy atom. The molecule has 17 nitrogen and oxygen atoms in total. The highest BCUT2D eigenvalue weighted by Crippen LogP contribution is 2.35. The van der Waals surface area contributed by atoms with E-state index in [0.717, 1.165) is 106 Å². The summed E-state index contributed by atoms with van der Waals surface area (Å²) in [7, 11) is 0. The van der Waals surface area contributed by atoms with Gasteiger partial charge in [-0.3, -0.25) is 4.98 Å². The van der Waals surface area contributed by atoms with Crippen molar-refractivity contribution in [2.45, 2.75) is 0 Å². The monoisotopic (exact) mass is 1470 g/mol. The predicted molar refractivity (Wildman–Crippen MR) is 448 cm³/mol. The summed E-state index contributed by atoms with van der Waals surface area (Å²) in [6, 6.07) is 122. The SMILES string of the molecule is c1ccc(-c2nc(-c3ccccc3)nc(-c3ccc(-c4nc(-c5ccccc5)nc(-c5ccc(-c6nc(-c7ccccc7)nc(-c7ccccc7)n6)cc5)n4)cc3)n2)cc1.c1ccc(-c2nc(-c3ccccc3)nc(-c3cccc(-c4cncc(-c5cccc(-c6nc(-c7ccccc7)nc(-c7ccccc7)n6)c5)n4)c3)n2)cc1. The maximum atomic E-state index is 5.07. The first-order chi connectivity index (χ1) is 56.4. The molecule has 6 aromatic heterocycles. The quantitative estimate of drug-likeness (QED) is 0.0827. The fraction of sp³-hybridized carbons (Fsp3) is 0. The second-order valence-electron chi connectivity index (χ2n) is 26.4. The second-order valence-corrected chi connectivity index (χ2v) is 26.4. The molecule has 0 atom stereocenters. The topological polar surface area (TPSA) is 219 Å². The lowest BCUT2D eigenvalue weighted by Gasteiger charge is -2.11. The van der Waals surface area contributed by atoms with E-state index in [0.29, 0.717) is 87.4 Å². The molecule has 0 unspecified atom stereocenters. The first-order valence-corrected chi connectivity index (χ1v) is 37.0. The molecule has 13 aromatic carbocycles. The molecule has 0 bridgehead atoms. The van der Waals surface area contributed by atoms with Gasteiger partial charge in [0.15, 0.2) is 87.4 Å². The van der Waals surface area contributed by atoms with Gasteiger partial charge in [-0.25, -0.2) is 79.7 Å². The Morgan fingerprint density at radius 1 is 0.105 bits per heavy atom. The molecule has 114 heavy (non-hydrogen) atoms. The van der Waals surface area contributed by atoms with E-state index in [1.807, 2.05) is 370 Å². The van der Waals surface area contributed by atoms with Gasteiger partial charge < -0.3 is 0 Å². The third kappa shape index (κ3) is 15.8. The summed E-state index contributed by atoms with van der Waals surface area (Å²) in [6.45, 7) is 0. The molecule has 19 rings (SSSR count). The van der Waals surface area contributed by atoms with Crippen molar-refractivity contribution in [2.75, 3.05) is 0 Å². The van der Waals surface area contributed by atoms with Crippen molar-refractivity contribution in [2.24, 2.45) is 0 Å². The van der Waals surface area contributed by atoms with Crippen LogP contribution in [0.1, 0.15) is 0 Å². The Hall–Kier alpha value is -16.0. The van der Waals surface area contributed by atoms with Crippen molar-refractivity contribution >= 4 is 0 Å². The zero-order valence-corrected chi connectivity index (χ0v) is 61.0. The standard InChI is InChI=1S/C51H33N9.C46H30N8/c1-6-16-34(17-7-1)43-52-44(35-18-8-2-9-19-35)55-48(54-43)39-26-30-41(31-27-39)50-58-47(38-24-14-5-15-25-38)59-51(60-50)42-32-28-40(29-33-42)49-56-45(36-20-10-3-11-21-36)53-46(57-49)37-22-12-4-13-23-37;1-5-15-31(16-6-1)41-49-42(32-17-7-2-8-18-32)52-45(51-41)37-25-13-23-35(27-37)39-29-47-30-40(48-39)36-24-14-26-38(28-36)46-53-43(33-19-9-3-10-20-33)50-44(54-46)34-21-11-4-12-22-34/h1-33H;1-30H. The molecular weight excluding hydrogens is 1400 g/mol. The predicted octanol–water partition coefficient (Wildman–Crippen LogP) is 21.4. The van der Waals surface area contributed by atoms with Gasteiger partial charge in [-0.2, -0.15) is 0 Å². The summed E-state index contributed by atoms with van der Waals surface area (Å²) < 4.78 is 0. The maximum Gasteiger partial charge on any atom is 0.164 e. The number of aromatic nitrogens is 17. The molecule has 0 fully saturated rings. The van der Waals surface area contributed by atoms with Crippen LogP contribution in [0.3, 0.4) is 0 Å². The number of hydrogen-bond acceptors (Lipinski definition) is 17. The highest BCUT2D eigenvalue weighted by Gasteiger charge is 2.21. The molecular formula is C97H63N17. The minimum atomic E-state index is 0.539. The number of benzene rings is 13. The van der Waals surface area contributed by atoms with Crippen molar-refractivity contribution < 1.29 is 0 Å². The lowest BCUT2D eigenvalue weighted by Crippen LogP contribution is -2.01. The van der Waals surface area contributed by atoms with Crippen LogP contribution in [-0.2, 0) is 0 Å². The number of nitrogens with zero attached hydrogens (tertiary/aromatic N) is 17. The Labute approximate surface area is 656 Å². The van der Waals surface area contributed by atoms with Gasteiger partial charge in [-0.15, -0.1) is 0 Å². The minimum Gasteiger partial charge on any atom is -0.260 e. The van der Waals surface area contributed by atoms with E-state index in [1.165, 1.54) is 0 Å². The Morgan fingerprint density at radius 3 is 0.404 bits per heavy atom. The molecule has 0 aliphatic carbocycles. The Bertz CT molecular complexity index is 5940. The van der Waals surface area contributed by atoms with Crippen molar-refractivity contribution in [3.8, 4) is 193 Å². The van der Waals surface area contributed by atoms with Gasteiger partial charge in [0.25, 0.3) is 0 Å². The summed E-state index contributed by atoms with van der Waals surface area (Å²) in [6.07, 6.45) is 3.55. The zero-order chi connectivity index (χ0) is 76.2. The average Bonchev–Trinajstić information content (AvgIpc) is 0.792. The van der Waals surface area contributed by atoms with E-state index in [1.54, 1.807) is 12.4 Å². The van der Waals surface area contributed by atoms with Crippen molar-refractivity contribution in [3.63, 3.8) is 0 Å². The van der Waals surface area contributed by atoms with E-state index < -0.39 is 0 Å². The molecule has 0 saturated carbocycles. The van der Waals surface area contributed by atoms with E-state index in [2.05, 4.69) is 4.98 Å². The molecule has 0 N–H and O–H groups in total. The van der Waals surface area contributed by atoms with Gasteiger partial charge in [0.05, 0.1) is 23.8 Å². The maximum absolute atomic E-state index is 5.07. The molecule has 0 saturated heterocycles. The molecule has 536 valence electrons. The van der Waals surface area contributed by atoms with E-state index >= 15 is 0 Å². The Kier molecular flexibility index (Phi) is 19.8. The van der Waals surface area contributed by atoms with Crippen LogP contribution in [0, 0.1) is 0 Å². The van der Waals surface area contributed by atoms with Gasteiger partial charge >= 0.3 is 0 Å². The van der Waals surface area contributed by atoms with Gasteiger partial charge in [-0.1, -0.05) is 358 Å². The fourth-order valence-electron chi connectivity index (χ4n) is 12.9. The largest absolute Gasteiger partial charge is 0.260 e. The van der Waals surface area contributed by atoms with Crippen LogP contribution < -0.4 is 0 Å². The van der Waals surface area contributed by atoms with Crippen LogP contribution in [0.2, 0.25) is 0 Å². The highest BCUT2D eigenvalue weighted by atomic mass is 15.1. The van der Waals surface area contributed by atoms with E-state index in [9.17, 15) is 0 Å². The molecule has 0 amide bonds. The smallest absolute Gasteiger partial charge is 0.164 e. The van der Waals surface area contributed by atoms with Gasteiger partial charge in [0.1, 0.15) is 0 Å². The highest BCUT2D eigenvalue weighted by molar-refractivity contribution is 5.78. The fourth-order valence-corrected chi connectivity index (χ4v) is 12.9. The normalized spacial score (nSPS) is 11.0. The lowest BCUT2D eigenvalue weighted by atomic mass is 10.1. The van der Waals surface area contributed by atoms with Crippen LogP contribution >= 0.6 is 0 Å². The van der Waals surface area contributed by atoms with Crippen molar-refractivity contribution in [3.05, 3.63) is 382 Å². The van der Waals surface area contributed by atoms with Crippen LogP contribution in [0.5, 0.6) is 0 Å². The van der Waals surface area contributed by atoms with Crippen LogP contribution in [0.15, 0.2) is 382 Å². The molecule has 17 heteroatoms. The third-order valence-corrected chi connectivity index (χ3v) is 18.7. The molecule has 0 radical (unpaired) electrons. The zero-order valence-electron chi connectivity index (χ0n) is 61.0. The first-order valence-electron chi connectivity index (χ1n) is 37.0. The summed E-state index contributed by atoms with van der Waals surface area (Å²) >= 11 is 0. The van der Waals surface area contributed by atoms with Gasteiger partial charge in [-0.05, 0) is 12.1 Å². The molecule has 6 heterocycles. The molecule has 0 aliphatic rings. The van der Waals surface area contributed by atoms with Gasteiger partial charge in [0, 0.05) is 94.6 Å². The third-order valence-electron chi connectivity index (χ3n) is 18.7. The summed E-state index contributed by atoms with van der Waals surface area (Å²) in [5, 5.41) is 0. The molecule has 19 aromatic rings. The average molecular weight is 1470 g/mol. The second kappa shape index (κ2) is 32.4. The van der Waals surface area contributed by atoms with E-state index in [4.69, 9.17) is 79.7 Å². The molecule has 0 aliphatic heterocycles. The summed E-state index contributed by atoms with van der Waals surface area (Å²) in [5.41, 5.74) is 16.4. The van der Waals surface area contributed by atoms with Gasteiger partial charge in [0.2, 0.25) is 0 Å².